The predicted octanol–water partition coefficient (Wildman–Crippen LogP) is 3.90. The van der Waals surface area contributed by atoms with Crippen molar-refractivity contribution in [2.24, 2.45) is 0 Å². The second-order valence-corrected chi connectivity index (χ2v) is 8.68. The van der Waals surface area contributed by atoms with Crippen LogP contribution in [0.3, 0.4) is 0 Å². The molecule has 1 aliphatic rings. The summed E-state index contributed by atoms with van der Waals surface area (Å²) in [5.74, 6) is 0.798. The first-order valence-corrected chi connectivity index (χ1v) is 11.3. The first kappa shape index (κ1) is 23.5. The average Bonchev–Trinajstić information content (AvgIpc) is 3.57. The third-order valence-corrected chi connectivity index (χ3v) is 6.20. The third-order valence-electron chi connectivity index (χ3n) is 6.20. The van der Waals surface area contributed by atoms with E-state index in [0.717, 1.165) is 23.3 Å². The van der Waals surface area contributed by atoms with E-state index in [1.165, 1.54) is 6.07 Å². The minimum atomic E-state index is -4.41. The summed E-state index contributed by atoms with van der Waals surface area (Å²) in [5.41, 5.74) is 2.49. The van der Waals surface area contributed by atoms with Crippen molar-refractivity contribution in [3.8, 4) is 11.4 Å². The lowest BCUT2D eigenvalue weighted by Gasteiger charge is -2.21. The van der Waals surface area contributed by atoms with Gasteiger partial charge in [-0.2, -0.15) is 23.5 Å². The minimum Gasteiger partial charge on any atom is -0.350 e. The fourth-order valence-corrected chi connectivity index (χ4v) is 4.41. The third kappa shape index (κ3) is 4.53. The van der Waals surface area contributed by atoms with Gasteiger partial charge in [-0.25, -0.2) is 4.68 Å². The van der Waals surface area contributed by atoms with Crippen LogP contribution >= 0.6 is 0 Å². The molecule has 0 radical (unpaired) electrons. The Hall–Kier alpha value is -4.22. The fourth-order valence-electron chi connectivity index (χ4n) is 4.41. The van der Waals surface area contributed by atoms with Crippen molar-refractivity contribution in [2.45, 2.75) is 39.2 Å². The molecule has 9 nitrogen and oxygen atoms in total. The van der Waals surface area contributed by atoms with Gasteiger partial charge in [0.25, 0.3) is 5.91 Å². The number of alkyl halides is 3. The van der Waals surface area contributed by atoms with E-state index in [-0.39, 0.29) is 18.5 Å². The Balaban J connectivity index is 1.34. The van der Waals surface area contributed by atoms with E-state index < -0.39 is 11.7 Å². The van der Waals surface area contributed by atoms with Crippen LogP contribution in [0.25, 0.3) is 11.4 Å². The molecule has 0 spiro atoms. The topological polar surface area (TPSA) is 105 Å². The van der Waals surface area contributed by atoms with E-state index in [1.807, 2.05) is 36.1 Å². The summed E-state index contributed by atoms with van der Waals surface area (Å²) in [5, 5.41) is 21.4. The van der Waals surface area contributed by atoms with Crippen LogP contribution in [0.4, 0.5) is 19.0 Å². The molecule has 2 aromatic heterocycles. The number of rotatable bonds is 6. The number of carbonyl (C=O) groups excluding carboxylic acids is 1. The Morgan fingerprint density at radius 3 is 2.64 bits per heavy atom. The molecule has 0 aliphatic carbocycles. The highest BCUT2D eigenvalue weighted by atomic mass is 19.4. The van der Waals surface area contributed by atoms with E-state index >= 15 is 0 Å². The predicted molar refractivity (Wildman–Crippen MR) is 125 cm³/mol. The second kappa shape index (κ2) is 9.10. The average molecular weight is 496 g/mol. The van der Waals surface area contributed by atoms with Gasteiger partial charge in [0.2, 0.25) is 5.82 Å². The maximum atomic E-state index is 13.3. The summed E-state index contributed by atoms with van der Waals surface area (Å²) in [7, 11) is 0. The summed E-state index contributed by atoms with van der Waals surface area (Å²) in [6.45, 7) is 4.97. The van der Waals surface area contributed by atoms with E-state index in [0.29, 0.717) is 41.6 Å². The normalized spacial score (nSPS) is 14.1. The zero-order chi connectivity index (χ0) is 25.4. The standard InChI is InChI=1S/C24H23F3N8O/c1-14(17-6-8-18(9-7-17)21-29-32-33-30-21)28-22(36)20-15(2)31-35-11-10-34(23(20)35)13-16-4-3-5-19(12-16)24(25,26)27/h3-9,12,14H,10-11,13H2,1-2H3,(H,28,36)(H,29,30,32,33)/t14-/m0/s1. The molecule has 36 heavy (non-hydrogen) atoms. The molecule has 5 rings (SSSR count). The zero-order valence-corrected chi connectivity index (χ0v) is 19.5. The van der Waals surface area contributed by atoms with E-state index in [1.54, 1.807) is 17.7 Å². The molecule has 1 aliphatic heterocycles. The highest BCUT2D eigenvalue weighted by molar-refractivity contribution is 6.00. The number of aryl methyl sites for hydroxylation is 1. The van der Waals surface area contributed by atoms with E-state index in [9.17, 15) is 18.0 Å². The van der Waals surface area contributed by atoms with Crippen LogP contribution in [0.1, 0.15) is 45.7 Å². The van der Waals surface area contributed by atoms with Gasteiger partial charge in [-0.15, -0.1) is 10.2 Å². The largest absolute Gasteiger partial charge is 0.416 e. The van der Waals surface area contributed by atoms with Gasteiger partial charge in [-0.05, 0) is 42.3 Å². The molecule has 1 atom stereocenters. The Morgan fingerprint density at radius 2 is 1.94 bits per heavy atom. The van der Waals surface area contributed by atoms with Gasteiger partial charge in [0.05, 0.1) is 23.8 Å². The van der Waals surface area contributed by atoms with Gasteiger partial charge in [0.1, 0.15) is 11.4 Å². The summed E-state index contributed by atoms with van der Waals surface area (Å²) >= 11 is 0. The number of anilines is 1. The number of amides is 1. The van der Waals surface area contributed by atoms with Crippen molar-refractivity contribution in [3.63, 3.8) is 0 Å². The van der Waals surface area contributed by atoms with Crippen LogP contribution in [0.2, 0.25) is 0 Å². The number of hydrogen-bond acceptors (Lipinski definition) is 6. The Bertz CT molecular complexity index is 1380. The van der Waals surface area contributed by atoms with Crippen LogP contribution in [0, 0.1) is 6.92 Å². The van der Waals surface area contributed by atoms with Gasteiger partial charge in [-0.1, -0.05) is 36.4 Å². The summed E-state index contributed by atoms with van der Waals surface area (Å²) in [6, 6.07) is 12.4. The molecule has 1 amide bonds. The molecule has 2 aromatic carbocycles. The molecule has 12 heteroatoms. The Kier molecular flexibility index (Phi) is 5.94. The number of halogens is 3. The molecule has 0 bridgehead atoms. The number of benzene rings is 2. The number of nitrogens with zero attached hydrogens (tertiary/aromatic N) is 6. The van der Waals surface area contributed by atoms with E-state index in [2.05, 4.69) is 31.0 Å². The molecular formula is C24H23F3N8O. The van der Waals surface area contributed by atoms with Crippen LogP contribution < -0.4 is 10.2 Å². The van der Waals surface area contributed by atoms with Crippen molar-refractivity contribution in [2.75, 3.05) is 11.4 Å². The SMILES string of the molecule is Cc1nn2c(c1C(=O)N[C@@H](C)c1ccc(-c3nn[nH]n3)cc1)N(Cc1cccc(C(F)(F)F)c1)CC2. The lowest BCUT2D eigenvalue weighted by Crippen LogP contribution is -2.29. The first-order chi connectivity index (χ1) is 17.2. The highest BCUT2D eigenvalue weighted by Crippen LogP contribution is 2.33. The van der Waals surface area contributed by atoms with Crippen LogP contribution in [-0.2, 0) is 19.3 Å². The first-order valence-electron chi connectivity index (χ1n) is 11.3. The minimum absolute atomic E-state index is 0.239. The van der Waals surface area contributed by atoms with Gasteiger partial charge in [0, 0.05) is 18.7 Å². The number of tetrazole rings is 1. The molecule has 2 N–H and O–H groups in total. The maximum absolute atomic E-state index is 13.3. The second-order valence-electron chi connectivity index (χ2n) is 8.68. The highest BCUT2D eigenvalue weighted by Gasteiger charge is 2.33. The van der Waals surface area contributed by atoms with Crippen molar-refractivity contribution in [3.05, 3.63) is 76.5 Å². The molecular weight excluding hydrogens is 473 g/mol. The number of carbonyl (C=O) groups is 1. The van der Waals surface area contributed by atoms with Crippen LogP contribution in [0.5, 0.6) is 0 Å². The van der Waals surface area contributed by atoms with Crippen molar-refractivity contribution in [1.29, 1.82) is 0 Å². The molecule has 0 fully saturated rings. The Labute approximate surface area is 204 Å². The molecule has 3 heterocycles. The quantitative estimate of drug-likeness (QED) is 0.420. The Morgan fingerprint density at radius 1 is 1.17 bits per heavy atom. The van der Waals surface area contributed by atoms with Crippen molar-refractivity contribution in [1.82, 2.24) is 35.7 Å². The monoisotopic (exact) mass is 496 g/mol. The van der Waals surface area contributed by atoms with Crippen molar-refractivity contribution >= 4 is 11.7 Å². The maximum Gasteiger partial charge on any atom is 0.416 e. The van der Waals surface area contributed by atoms with Gasteiger partial charge < -0.3 is 10.2 Å². The van der Waals surface area contributed by atoms with Gasteiger partial charge in [0.15, 0.2) is 0 Å². The number of aromatic amines is 1. The summed E-state index contributed by atoms with van der Waals surface area (Å²) < 4.78 is 41.2. The smallest absolute Gasteiger partial charge is 0.350 e. The number of aromatic nitrogens is 6. The number of H-pyrrole nitrogens is 1. The van der Waals surface area contributed by atoms with Crippen LogP contribution in [0.15, 0.2) is 48.5 Å². The molecule has 4 aromatic rings. The summed E-state index contributed by atoms with van der Waals surface area (Å²) in [6.07, 6.45) is -4.41. The van der Waals surface area contributed by atoms with Gasteiger partial charge in [-0.3, -0.25) is 4.79 Å². The van der Waals surface area contributed by atoms with Crippen molar-refractivity contribution < 1.29 is 18.0 Å². The fraction of sp³-hybridized carbons (Fsp3) is 0.292. The van der Waals surface area contributed by atoms with Gasteiger partial charge >= 0.3 is 6.18 Å². The summed E-state index contributed by atoms with van der Waals surface area (Å²) in [4.78, 5) is 15.2. The zero-order valence-electron chi connectivity index (χ0n) is 19.5. The number of hydrogen-bond donors (Lipinski definition) is 2. The molecule has 0 saturated heterocycles. The number of nitrogens with one attached hydrogen (secondary N) is 2. The van der Waals surface area contributed by atoms with E-state index in [4.69, 9.17) is 0 Å². The van der Waals surface area contributed by atoms with Crippen LogP contribution in [-0.4, -0.2) is 42.9 Å². The molecule has 186 valence electrons. The number of fused-ring (bicyclic) bond motifs is 1. The molecule has 0 saturated carbocycles. The lowest BCUT2D eigenvalue weighted by molar-refractivity contribution is -0.137. The molecule has 0 unspecified atom stereocenters. The lowest BCUT2D eigenvalue weighted by atomic mass is 10.1.